The van der Waals surface area contributed by atoms with Crippen molar-refractivity contribution in [2.75, 3.05) is 51.9 Å². The SMILES string of the molecule is CCOC(Cn1cc(C(=O)Nc2ccc(OC)c(S(=O)(=O)N3CCOCC3)c2)nn1)OCC. The molecule has 0 bridgehead atoms. The number of nitrogens with one attached hydrogen (secondary N) is 1. The van der Waals surface area contributed by atoms with Crippen LogP contribution in [-0.4, -0.2) is 86.5 Å². The number of anilines is 1. The molecule has 1 aliphatic heterocycles. The van der Waals surface area contributed by atoms with Crippen molar-refractivity contribution in [1.82, 2.24) is 19.3 Å². The molecule has 0 spiro atoms. The van der Waals surface area contributed by atoms with E-state index in [1.807, 2.05) is 13.8 Å². The zero-order valence-corrected chi connectivity index (χ0v) is 19.7. The average molecular weight is 484 g/mol. The summed E-state index contributed by atoms with van der Waals surface area (Å²) in [5.41, 5.74) is 0.346. The molecular formula is C20H29N5O7S. The topological polar surface area (TPSA) is 134 Å². The molecule has 1 amide bonds. The summed E-state index contributed by atoms with van der Waals surface area (Å²) in [5.74, 6) is -0.353. The van der Waals surface area contributed by atoms with Gasteiger partial charge in [-0.15, -0.1) is 5.10 Å². The third-order valence-electron chi connectivity index (χ3n) is 4.82. The van der Waals surface area contributed by atoms with Crippen LogP contribution in [0.2, 0.25) is 0 Å². The lowest BCUT2D eigenvalue weighted by atomic mass is 10.3. The molecule has 1 aromatic carbocycles. The number of carbonyl (C=O) groups excluding carboxylic acids is 1. The highest BCUT2D eigenvalue weighted by molar-refractivity contribution is 7.89. The fourth-order valence-corrected chi connectivity index (χ4v) is 4.84. The van der Waals surface area contributed by atoms with Gasteiger partial charge >= 0.3 is 0 Å². The maximum absolute atomic E-state index is 13.1. The van der Waals surface area contributed by atoms with Crippen LogP contribution in [0.3, 0.4) is 0 Å². The lowest BCUT2D eigenvalue weighted by molar-refractivity contribution is -0.145. The molecule has 0 radical (unpaired) electrons. The Balaban J connectivity index is 1.75. The van der Waals surface area contributed by atoms with Gasteiger partial charge in [-0.2, -0.15) is 4.31 Å². The molecule has 0 atom stereocenters. The van der Waals surface area contributed by atoms with Crippen molar-refractivity contribution >= 4 is 21.6 Å². The standard InChI is InChI=1S/C20H29N5O7S/c1-4-31-19(32-5-2)14-24-13-16(22-23-24)20(26)21-15-6-7-17(29-3)18(12-15)33(27,28)25-8-10-30-11-9-25/h6-7,12-13,19H,4-5,8-11,14H2,1-3H3,(H,21,26). The first kappa shape index (κ1) is 25.1. The monoisotopic (exact) mass is 483 g/mol. The minimum absolute atomic E-state index is 0.0374. The molecule has 1 aliphatic rings. The van der Waals surface area contributed by atoms with E-state index in [1.165, 1.54) is 34.4 Å². The molecule has 33 heavy (non-hydrogen) atoms. The third-order valence-corrected chi connectivity index (χ3v) is 6.74. The normalized spacial score (nSPS) is 15.0. The van der Waals surface area contributed by atoms with Crippen molar-refractivity contribution < 1.29 is 32.2 Å². The fourth-order valence-electron chi connectivity index (χ4n) is 3.25. The number of methoxy groups -OCH3 is 1. The summed E-state index contributed by atoms with van der Waals surface area (Å²) in [6.07, 6.45) is 0.960. The summed E-state index contributed by atoms with van der Waals surface area (Å²) >= 11 is 0. The molecule has 2 aromatic rings. The van der Waals surface area contributed by atoms with Gasteiger partial charge < -0.3 is 24.3 Å². The van der Waals surface area contributed by atoms with Crippen LogP contribution >= 0.6 is 0 Å². The lowest BCUT2D eigenvalue weighted by Gasteiger charge is -2.26. The van der Waals surface area contributed by atoms with E-state index in [9.17, 15) is 13.2 Å². The molecule has 0 saturated carbocycles. The second kappa shape index (κ2) is 11.5. The Labute approximate surface area is 192 Å². The van der Waals surface area contributed by atoms with Crippen LogP contribution in [0.5, 0.6) is 5.75 Å². The highest BCUT2D eigenvalue weighted by Gasteiger charge is 2.29. The van der Waals surface area contributed by atoms with Crippen molar-refractivity contribution in [3.05, 3.63) is 30.1 Å². The quantitative estimate of drug-likeness (QED) is 0.464. The summed E-state index contributed by atoms with van der Waals surface area (Å²) in [6, 6.07) is 4.42. The molecule has 2 heterocycles. The summed E-state index contributed by atoms with van der Waals surface area (Å²) in [5, 5.41) is 10.5. The predicted octanol–water partition coefficient (Wildman–Crippen LogP) is 0.959. The Morgan fingerprint density at radius 1 is 1.21 bits per heavy atom. The number of benzene rings is 1. The van der Waals surface area contributed by atoms with E-state index in [4.69, 9.17) is 18.9 Å². The Morgan fingerprint density at radius 3 is 2.55 bits per heavy atom. The van der Waals surface area contributed by atoms with Gasteiger partial charge in [0.1, 0.15) is 10.6 Å². The molecule has 1 N–H and O–H groups in total. The van der Waals surface area contributed by atoms with Gasteiger partial charge in [0.2, 0.25) is 10.0 Å². The number of rotatable bonds is 11. The molecule has 3 rings (SSSR count). The first-order valence-electron chi connectivity index (χ1n) is 10.6. The van der Waals surface area contributed by atoms with Crippen molar-refractivity contribution in [3.8, 4) is 5.75 Å². The van der Waals surface area contributed by atoms with E-state index >= 15 is 0 Å². The number of hydrogen-bond donors (Lipinski definition) is 1. The minimum Gasteiger partial charge on any atom is -0.495 e. The molecule has 0 unspecified atom stereocenters. The van der Waals surface area contributed by atoms with Crippen LogP contribution in [0.15, 0.2) is 29.3 Å². The van der Waals surface area contributed by atoms with E-state index in [0.29, 0.717) is 26.4 Å². The molecule has 1 aromatic heterocycles. The summed E-state index contributed by atoms with van der Waals surface area (Å²) in [4.78, 5) is 12.6. The van der Waals surface area contributed by atoms with Gasteiger partial charge in [-0.05, 0) is 32.0 Å². The number of sulfonamides is 1. The van der Waals surface area contributed by atoms with E-state index in [2.05, 4.69) is 15.6 Å². The van der Waals surface area contributed by atoms with E-state index in [-0.39, 0.29) is 41.7 Å². The van der Waals surface area contributed by atoms with Gasteiger partial charge in [0.05, 0.1) is 33.1 Å². The van der Waals surface area contributed by atoms with Gasteiger partial charge in [-0.3, -0.25) is 4.79 Å². The number of hydrogen-bond acceptors (Lipinski definition) is 9. The summed E-state index contributed by atoms with van der Waals surface area (Å²) in [6.45, 7) is 6.06. The van der Waals surface area contributed by atoms with Gasteiger partial charge in [-0.1, -0.05) is 5.21 Å². The Morgan fingerprint density at radius 2 is 1.91 bits per heavy atom. The largest absolute Gasteiger partial charge is 0.495 e. The van der Waals surface area contributed by atoms with Crippen molar-refractivity contribution in [1.29, 1.82) is 0 Å². The zero-order valence-electron chi connectivity index (χ0n) is 18.9. The fraction of sp³-hybridized carbons (Fsp3) is 0.550. The van der Waals surface area contributed by atoms with E-state index in [0.717, 1.165) is 0 Å². The lowest BCUT2D eigenvalue weighted by Crippen LogP contribution is -2.40. The Hall–Kier alpha value is -2.58. The van der Waals surface area contributed by atoms with Crippen LogP contribution in [0.1, 0.15) is 24.3 Å². The number of ether oxygens (including phenoxy) is 4. The van der Waals surface area contributed by atoms with Gasteiger partial charge in [0.15, 0.2) is 12.0 Å². The maximum Gasteiger partial charge on any atom is 0.277 e. The maximum atomic E-state index is 13.1. The molecule has 12 nitrogen and oxygen atoms in total. The summed E-state index contributed by atoms with van der Waals surface area (Å²) < 4.78 is 50.5. The summed E-state index contributed by atoms with van der Waals surface area (Å²) in [7, 11) is -2.44. The minimum atomic E-state index is -3.83. The van der Waals surface area contributed by atoms with Crippen LogP contribution in [0.4, 0.5) is 5.69 Å². The number of morpholine rings is 1. The number of nitrogens with zero attached hydrogens (tertiary/aromatic N) is 4. The third kappa shape index (κ3) is 6.26. The predicted molar refractivity (Wildman–Crippen MR) is 118 cm³/mol. The van der Waals surface area contributed by atoms with Gasteiger partial charge in [0, 0.05) is 32.0 Å². The van der Waals surface area contributed by atoms with Crippen molar-refractivity contribution in [3.63, 3.8) is 0 Å². The number of amides is 1. The molecule has 13 heteroatoms. The van der Waals surface area contributed by atoms with Crippen molar-refractivity contribution in [2.45, 2.75) is 31.6 Å². The van der Waals surface area contributed by atoms with Crippen molar-refractivity contribution in [2.24, 2.45) is 0 Å². The zero-order chi connectivity index (χ0) is 23.8. The average Bonchev–Trinajstić information content (AvgIpc) is 3.28. The van der Waals surface area contributed by atoms with Gasteiger partial charge in [-0.25, -0.2) is 13.1 Å². The number of carbonyl (C=O) groups is 1. The molecule has 182 valence electrons. The number of aromatic nitrogens is 3. The van der Waals surface area contributed by atoms with Crippen LogP contribution in [0.25, 0.3) is 0 Å². The Bertz CT molecular complexity index is 1030. The molecule has 0 aliphatic carbocycles. The van der Waals surface area contributed by atoms with Crippen LogP contribution < -0.4 is 10.1 Å². The highest BCUT2D eigenvalue weighted by atomic mass is 32.2. The molecule has 1 fully saturated rings. The van der Waals surface area contributed by atoms with Crippen LogP contribution in [0, 0.1) is 0 Å². The second-order valence-electron chi connectivity index (χ2n) is 7.00. The Kier molecular flexibility index (Phi) is 8.74. The first-order chi connectivity index (χ1) is 15.9. The van der Waals surface area contributed by atoms with E-state index in [1.54, 1.807) is 6.07 Å². The smallest absolute Gasteiger partial charge is 0.277 e. The second-order valence-corrected chi connectivity index (χ2v) is 8.91. The molecule has 1 saturated heterocycles. The highest BCUT2D eigenvalue weighted by Crippen LogP contribution is 2.30. The van der Waals surface area contributed by atoms with Gasteiger partial charge in [0.25, 0.3) is 5.91 Å². The first-order valence-corrected chi connectivity index (χ1v) is 12.0. The molecular weight excluding hydrogens is 454 g/mol. The van der Waals surface area contributed by atoms with Crippen LogP contribution in [-0.2, 0) is 30.8 Å². The van der Waals surface area contributed by atoms with E-state index < -0.39 is 22.2 Å².